The molecule has 1 aliphatic heterocycles. The number of ketones is 1. The van der Waals surface area contributed by atoms with E-state index in [1.807, 2.05) is 30.3 Å². The second-order valence-corrected chi connectivity index (χ2v) is 3.31. The van der Waals surface area contributed by atoms with Crippen LogP contribution in [0.25, 0.3) is 0 Å². The molecule has 0 N–H and O–H groups in total. The van der Waals surface area contributed by atoms with Gasteiger partial charge in [0.25, 0.3) is 0 Å². The van der Waals surface area contributed by atoms with Crippen molar-refractivity contribution < 1.29 is 14.3 Å². The summed E-state index contributed by atoms with van der Waals surface area (Å²) in [6.07, 6.45) is -0.163. The Morgan fingerprint density at radius 3 is 2.50 bits per heavy atom. The SMILES string of the molecule is O=[13C]1[13CH2]C(c2ccccc2)O[13C](=O)[13CH2]1. The van der Waals surface area contributed by atoms with Crippen LogP contribution in [0.4, 0.5) is 0 Å². The summed E-state index contributed by atoms with van der Waals surface area (Å²) in [5.41, 5.74) is 0.883. The highest BCUT2D eigenvalue weighted by atomic mass is 16.6. The van der Waals surface area contributed by atoms with Gasteiger partial charge in [-0.05, 0) is 5.56 Å². The molecule has 1 aliphatic rings. The van der Waals surface area contributed by atoms with Gasteiger partial charge in [0.1, 0.15) is 18.3 Å². The van der Waals surface area contributed by atoms with Crippen LogP contribution < -0.4 is 0 Å². The topological polar surface area (TPSA) is 43.4 Å². The third-order valence-electron chi connectivity index (χ3n) is 2.20. The third kappa shape index (κ3) is 1.82. The van der Waals surface area contributed by atoms with Gasteiger partial charge in [-0.2, -0.15) is 0 Å². The van der Waals surface area contributed by atoms with Gasteiger partial charge in [0.2, 0.25) is 0 Å². The lowest BCUT2D eigenvalue weighted by molar-refractivity contribution is -0.158. The molecular weight excluding hydrogens is 184 g/mol. The van der Waals surface area contributed by atoms with E-state index < -0.39 is 5.97 Å². The van der Waals surface area contributed by atoms with Gasteiger partial charge in [0.05, 0.1) is 0 Å². The maximum atomic E-state index is 11.2. The number of Topliss-reactive ketones (excluding diaryl/α,β-unsaturated/α-hetero) is 1. The molecule has 0 amide bonds. The van der Waals surface area contributed by atoms with Crippen LogP contribution in [0, 0.1) is 0 Å². The zero-order chi connectivity index (χ0) is 9.97. The van der Waals surface area contributed by atoms with E-state index in [0.717, 1.165) is 5.56 Å². The standard InChI is InChI=1S/C11H10O3/c12-9-6-10(14-11(13)7-9)8-4-2-1-3-5-8/h1-5,10H,6-7H2/i6+1,7+1,9+1,11+1. The van der Waals surface area contributed by atoms with Crippen LogP contribution in [0.15, 0.2) is 30.3 Å². The Hall–Kier alpha value is -1.64. The van der Waals surface area contributed by atoms with Crippen molar-refractivity contribution in [2.75, 3.05) is 0 Å². The zero-order valence-corrected chi connectivity index (χ0v) is 7.60. The summed E-state index contributed by atoms with van der Waals surface area (Å²) >= 11 is 0. The molecule has 72 valence electrons. The highest BCUT2D eigenvalue weighted by Gasteiger charge is 2.27. The molecule has 1 saturated heterocycles. The van der Waals surface area contributed by atoms with Crippen LogP contribution in [0.3, 0.4) is 0 Å². The van der Waals surface area contributed by atoms with Gasteiger partial charge in [-0.1, -0.05) is 30.3 Å². The van der Waals surface area contributed by atoms with Gasteiger partial charge in [-0.3, -0.25) is 9.59 Å². The number of carbonyl (C=O) groups excluding carboxylic acids is 2. The first-order valence-electron chi connectivity index (χ1n) is 4.52. The molecule has 1 atom stereocenters. The molecule has 0 bridgehead atoms. The van der Waals surface area contributed by atoms with Crippen LogP contribution in [0.1, 0.15) is 24.5 Å². The van der Waals surface area contributed by atoms with Gasteiger partial charge >= 0.3 is 5.97 Å². The van der Waals surface area contributed by atoms with E-state index in [4.69, 9.17) is 4.74 Å². The highest BCUT2D eigenvalue weighted by molar-refractivity contribution is 5.97. The molecular formula is C11H10O3. The number of hydrogen-bond acceptors (Lipinski definition) is 3. The molecule has 0 saturated carbocycles. The first kappa shape index (κ1) is 8.94. The lowest BCUT2D eigenvalue weighted by atomic mass is 10.2. The van der Waals surface area contributed by atoms with Crippen molar-refractivity contribution in [2.45, 2.75) is 18.9 Å². The van der Waals surface area contributed by atoms with Crippen molar-refractivity contribution in [3.63, 3.8) is 0 Å². The van der Waals surface area contributed by atoms with Crippen LogP contribution in [-0.2, 0) is 14.3 Å². The number of rotatable bonds is 1. The molecule has 0 aliphatic carbocycles. The number of benzene rings is 1. The number of esters is 1. The molecule has 3 heteroatoms. The predicted octanol–water partition coefficient (Wildman–Crippen LogP) is 1.63. The van der Waals surface area contributed by atoms with E-state index in [9.17, 15) is 9.59 Å². The minimum atomic E-state index is -0.421. The summed E-state index contributed by atoms with van der Waals surface area (Å²) in [6, 6.07) is 9.33. The van der Waals surface area contributed by atoms with Gasteiger partial charge in [-0.25, -0.2) is 0 Å². The monoisotopic (exact) mass is 194 g/mol. The van der Waals surface area contributed by atoms with E-state index in [1.54, 1.807) is 0 Å². The molecule has 1 heterocycles. The van der Waals surface area contributed by atoms with Crippen molar-refractivity contribution in [2.24, 2.45) is 0 Å². The molecule has 1 aromatic carbocycles. The Bertz CT molecular complexity index is 340. The first-order chi connectivity index (χ1) is 6.75. The molecule has 0 radical (unpaired) electrons. The van der Waals surface area contributed by atoms with Crippen molar-refractivity contribution in [1.29, 1.82) is 0 Å². The van der Waals surface area contributed by atoms with Gasteiger partial charge < -0.3 is 4.74 Å². The molecule has 2 rings (SSSR count). The summed E-state index contributed by atoms with van der Waals surface area (Å²) in [5, 5.41) is 0. The lowest BCUT2D eigenvalue weighted by Crippen LogP contribution is -2.23. The molecule has 0 aromatic heterocycles. The quantitative estimate of drug-likeness (QED) is 0.387. The lowest BCUT2D eigenvalue weighted by Gasteiger charge is -2.21. The average Bonchev–Trinajstić information content (AvgIpc) is 2.18. The second kappa shape index (κ2) is 3.62. The summed E-state index contributed by atoms with van der Waals surface area (Å²) in [5.74, 6) is -0.467. The van der Waals surface area contributed by atoms with E-state index in [1.165, 1.54) is 0 Å². The Morgan fingerprint density at radius 2 is 1.86 bits per heavy atom. The van der Waals surface area contributed by atoms with Crippen molar-refractivity contribution >= 4 is 11.8 Å². The van der Waals surface area contributed by atoms with E-state index >= 15 is 0 Å². The van der Waals surface area contributed by atoms with Crippen LogP contribution >= 0.6 is 0 Å². The minimum absolute atomic E-state index is 0.0462. The fourth-order valence-electron chi connectivity index (χ4n) is 1.54. The maximum absolute atomic E-state index is 11.2. The Labute approximate surface area is 81.7 Å². The fourth-order valence-corrected chi connectivity index (χ4v) is 1.54. The van der Waals surface area contributed by atoms with Gasteiger partial charge in [0.15, 0.2) is 0 Å². The van der Waals surface area contributed by atoms with Gasteiger partial charge in [0, 0.05) is 6.42 Å². The highest BCUT2D eigenvalue weighted by Crippen LogP contribution is 2.26. The molecule has 0 spiro atoms. The summed E-state index contributed by atoms with van der Waals surface area (Å²) in [7, 11) is 0. The maximum Gasteiger partial charge on any atom is 0.313 e. The Balaban J connectivity index is 2.19. The van der Waals surface area contributed by atoms with Crippen LogP contribution in [0.5, 0.6) is 0 Å². The minimum Gasteiger partial charge on any atom is -0.457 e. The molecule has 1 fully saturated rings. The third-order valence-corrected chi connectivity index (χ3v) is 2.20. The number of ether oxygens (including phenoxy) is 1. The van der Waals surface area contributed by atoms with Crippen molar-refractivity contribution in [3.05, 3.63) is 35.9 Å². The number of cyclic esters (lactones) is 1. The average molecular weight is 194 g/mol. The van der Waals surface area contributed by atoms with Crippen molar-refractivity contribution in [3.8, 4) is 0 Å². The van der Waals surface area contributed by atoms with E-state index in [0.29, 0.717) is 6.42 Å². The second-order valence-electron chi connectivity index (χ2n) is 3.31. The first-order valence-corrected chi connectivity index (χ1v) is 4.52. The summed E-state index contributed by atoms with van der Waals surface area (Å²) < 4.78 is 5.08. The molecule has 3 nitrogen and oxygen atoms in total. The molecule has 14 heavy (non-hydrogen) atoms. The van der Waals surface area contributed by atoms with Crippen LogP contribution in [-0.4, -0.2) is 11.8 Å². The van der Waals surface area contributed by atoms with Crippen LogP contribution in [0.2, 0.25) is 0 Å². The zero-order valence-electron chi connectivity index (χ0n) is 7.60. The van der Waals surface area contributed by atoms with E-state index in [2.05, 4.69) is 0 Å². The van der Waals surface area contributed by atoms with Gasteiger partial charge in [-0.15, -0.1) is 0 Å². The molecule has 1 aromatic rings. The number of carbonyl (C=O) groups is 2. The smallest absolute Gasteiger partial charge is 0.313 e. The predicted molar refractivity (Wildman–Crippen MR) is 49.5 cm³/mol. The largest absolute Gasteiger partial charge is 0.457 e. The van der Waals surface area contributed by atoms with Crippen molar-refractivity contribution in [1.82, 2.24) is 0 Å². The fraction of sp³-hybridized carbons (Fsp3) is 0.273. The molecule has 1 unspecified atom stereocenters. The normalized spacial score (nSPS) is 21.9. The van der Waals surface area contributed by atoms with E-state index in [-0.39, 0.29) is 18.3 Å². The Morgan fingerprint density at radius 1 is 1.14 bits per heavy atom. The summed E-state index contributed by atoms with van der Waals surface area (Å²) in [6.45, 7) is 0. The Kier molecular flexibility index (Phi) is 2.31. The summed E-state index contributed by atoms with van der Waals surface area (Å²) in [4.78, 5) is 22.2. The number of hydrogen-bond donors (Lipinski definition) is 0.